The number of benzene rings is 1. The first-order valence-electron chi connectivity index (χ1n) is 8.92. The van der Waals surface area contributed by atoms with Gasteiger partial charge in [-0.15, -0.1) is 0 Å². The third-order valence-corrected chi connectivity index (χ3v) is 4.67. The van der Waals surface area contributed by atoms with E-state index in [2.05, 4.69) is 25.1 Å². The summed E-state index contributed by atoms with van der Waals surface area (Å²) in [5.74, 6) is 0.906. The summed E-state index contributed by atoms with van der Waals surface area (Å²) in [4.78, 5) is 25.2. The second-order valence-electron chi connectivity index (χ2n) is 6.48. The predicted molar refractivity (Wildman–Crippen MR) is 102 cm³/mol. The van der Waals surface area contributed by atoms with Crippen LogP contribution in [0.25, 0.3) is 11.3 Å². The van der Waals surface area contributed by atoms with E-state index in [-0.39, 0.29) is 5.91 Å². The number of hydrogen-bond donors (Lipinski definition) is 0. The lowest BCUT2D eigenvalue weighted by Crippen LogP contribution is -2.49. The molecular formula is C20H20N6O. The zero-order valence-corrected chi connectivity index (χ0v) is 15.1. The molecule has 2 aromatic heterocycles. The van der Waals surface area contributed by atoms with Crippen LogP contribution in [0.4, 0.5) is 5.82 Å². The molecule has 1 amide bonds. The van der Waals surface area contributed by atoms with Gasteiger partial charge in [0, 0.05) is 49.7 Å². The van der Waals surface area contributed by atoms with Gasteiger partial charge in [-0.05, 0) is 31.2 Å². The van der Waals surface area contributed by atoms with Crippen LogP contribution in [-0.2, 0) is 0 Å². The van der Waals surface area contributed by atoms with Crippen molar-refractivity contribution >= 4 is 11.7 Å². The standard InChI is InChI=1S/C20H20N6O/c1-15-2-7-18(24-23-15)16-3-5-17(6-4-16)20(27)26-12-10-25(11-13-26)19-14-21-8-9-22-19/h2-9,14H,10-13H2,1H3. The lowest BCUT2D eigenvalue weighted by atomic mass is 10.1. The fraction of sp³-hybridized carbons (Fsp3) is 0.250. The molecule has 3 aromatic rings. The maximum atomic E-state index is 12.8. The molecule has 27 heavy (non-hydrogen) atoms. The van der Waals surface area contributed by atoms with Gasteiger partial charge in [0.1, 0.15) is 5.82 Å². The van der Waals surface area contributed by atoms with E-state index in [1.54, 1.807) is 18.6 Å². The largest absolute Gasteiger partial charge is 0.352 e. The molecule has 1 aromatic carbocycles. The Morgan fingerprint density at radius 2 is 1.70 bits per heavy atom. The summed E-state index contributed by atoms with van der Waals surface area (Å²) in [5, 5.41) is 8.27. The minimum atomic E-state index is 0.0512. The third kappa shape index (κ3) is 3.76. The molecule has 0 saturated carbocycles. The number of rotatable bonds is 3. The van der Waals surface area contributed by atoms with Crippen molar-refractivity contribution in [1.82, 2.24) is 25.1 Å². The van der Waals surface area contributed by atoms with Gasteiger partial charge < -0.3 is 9.80 Å². The first kappa shape index (κ1) is 17.1. The molecule has 3 heterocycles. The molecule has 7 nitrogen and oxygen atoms in total. The zero-order chi connectivity index (χ0) is 18.6. The Kier molecular flexibility index (Phi) is 4.74. The topological polar surface area (TPSA) is 75.1 Å². The normalized spacial score (nSPS) is 14.3. The highest BCUT2D eigenvalue weighted by molar-refractivity contribution is 5.94. The van der Waals surface area contributed by atoms with Crippen LogP contribution in [0.2, 0.25) is 0 Å². The Hall–Kier alpha value is -3.35. The molecule has 0 unspecified atom stereocenters. The molecule has 7 heteroatoms. The highest BCUT2D eigenvalue weighted by atomic mass is 16.2. The molecule has 136 valence electrons. The predicted octanol–water partition coefficient (Wildman–Crippen LogP) is 2.20. The van der Waals surface area contributed by atoms with Crippen LogP contribution < -0.4 is 4.90 Å². The molecule has 4 rings (SSSR count). The SMILES string of the molecule is Cc1ccc(-c2ccc(C(=O)N3CCN(c4cnccn4)CC3)cc2)nn1. The lowest BCUT2D eigenvalue weighted by molar-refractivity contribution is 0.0746. The maximum Gasteiger partial charge on any atom is 0.253 e. The molecule has 0 spiro atoms. The molecule has 0 atom stereocenters. The van der Waals surface area contributed by atoms with E-state index in [0.717, 1.165) is 35.9 Å². The Morgan fingerprint density at radius 1 is 0.926 bits per heavy atom. The summed E-state index contributed by atoms with van der Waals surface area (Å²) in [5.41, 5.74) is 3.32. The molecule has 1 aliphatic rings. The van der Waals surface area contributed by atoms with Crippen LogP contribution in [0, 0.1) is 6.92 Å². The number of aromatic nitrogens is 4. The minimum Gasteiger partial charge on any atom is -0.352 e. The van der Waals surface area contributed by atoms with E-state index in [1.165, 1.54) is 0 Å². The quantitative estimate of drug-likeness (QED) is 0.713. The minimum absolute atomic E-state index is 0.0512. The van der Waals surface area contributed by atoms with Crippen molar-refractivity contribution in [3.8, 4) is 11.3 Å². The number of carbonyl (C=O) groups excluding carboxylic acids is 1. The van der Waals surface area contributed by atoms with Crippen molar-refractivity contribution in [2.24, 2.45) is 0 Å². The summed E-state index contributed by atoms with van der Waals surface area (Å²) in [6, 6.07) is 11.4. The van der Waals surface area contributed by atoms with Gasteiger partial charge in [0.05, 0.1) is 17.6 Å². The summed E-state index contributed by atoms with van der Waals surface area (Å²) in [6.07, 6.45) is 5.10. The first-order chi connectivity index (χ1) is 13.2. The summed E-state index contributed by atoms with van der Waals surface area (Å²) in [7, 11) is 0. The fourth-order valence-corrected chi connectivity index (χ4v) is 3.11. The second-order valence-corrected chi connectivity index (χ2v) is 6.48. The molecule has 0 aliphatic carbocycles. The van der Waals surface area contributed by atoms with Gasteiger partial charge in [-0.1, -0.05) is 12.1 Å². The van der Waals surface area contributed by atoms with Gasteiger partial charge in [-0.2, -0.15) is 10.2 Å². The van der Waals surface area contributed by atoms with Gasteiger partial charge in [-0.3, -0.25) is 9.78 Å². The van der Waals surface area contributed by atoms with Crippen molar-refractivity contribution in [3.05, 3.63) is 66.2 Å². The Bertz CT molecular complexity index is 903. The van der Waals surface area contributed by atoms with Crippen LogP contribution in [-0.4, -0.2) is 57.2 Å². The van der Waals surface area contributed by atoms with Crippen LogP contribution in [0.15, 0.2) is 55.0 Å². The molecular weight excluding hydrogens is 340 g/mol. The van der Waals surface area contributed by atoms with Crippen molar-refractivity contribution in [1.29, 1.82) is 0 Å². The van der Waals surface area contributed by atoms with Crippen molar-refractivity contribution in [2.75, 3.05) is 31.1 Å². The van der Waals surface area contributed by atoms with Crippen LogP contribution >= 0.6 is 0 Å². The number of hydrogen-bond acceptors (Lipinski definition) is 6. The van der Waals surface area contributed by atoms with E-state index < -0.39 is 0 Å². The Labute approximate surface area is 157 Å². The number of anilines is 1. The number of amides is 1. The average Bonchev–Trinajstić information content (AvgIpc) is 2.75. The highest BCUT2D eigenvalue weighted by Gasteiger charge is 2.22. The molecule has 1 fully saturated rings. The molecule has 0 N–H and O–H groups in total. The van der Waals surface area contributed by atoms with Crippen LogP contribution in [0.5, 0.6) is 0 Å². The number of aryl methyl sites for hydroxylation is 1. The molecule has 0 bridgehead atoms. The second kappa shape index (κ2) is 7.49. The third-order valence-electron chi connectivity index (χ3n) is 4.67. The summed E-state index contributed by atoms with van der Waals surface area (Å²) < 4.78 is 0. The van der Waals surface area contributed by atoms with Crippen molar-refractivity contribution < 1.29 is 4.79 Å². The molecule has 0 radical (unpaired) electrons. The molecule has 1 saturated heterocycles. The van der Waals surface area contributed by atoms with E-state index in [9.17, 15) is 4.79 Å². The lowest BCUT2D eigenvalue weighted by Gasteiger charge is -2.35. The first-order valence-corrected chi connectivity index (χ1v) is 8.92. The monoisotopic (exact) mass is 360 g/mol. The maximum absolute atomic E-state index is 12.8. The Balaban J connectivity index is 1.41. The zero-order valence-electron chi connectivity index (χ0n) is 15.1. The number of carbonyl (C=O) groups is 1. The molecule has 1 aliphatic heterocycles. The van der Waals surface area contributed by atoms with Gasteiger partial charge in [0.15, 0.2) is 0 Å². The van der Waals surface area contributed by atoms with E-state index in [0.29, 0.717) is 18.7 Å². The fourth-order valence-electron chi connectivity index (χ4n) is 3.11. The number of piperazine rings is 1. The highest BCUT2D eigenvalue weighted by Crippen LogP contribution is 2.19. The van der Waals surface area contributed by atoms with Gasteiger partial charge in [0.2, 0.25) is 0 Å². The van der Waals surface area contributed by atoms with Gasteiger partial charge in [0.25, 0.3) is 5.91 Å². The van der Waals surface area contributed by atoms with Crippen molar-refractivity contribution in [2.45, 2.75) is 6.92 Å². The summed E-state index contributed by atoms with van der Waals surface area (Å²) >= 11 is 0. The van der Waals surface area contributed by atoms with E-state index in [1.807, 2.05) is 48.2 Å². The van der Waals surface area contributed by atoms with Crippen LogP contribution in [0.3, 0.4) is 0 Å². The van der Waals surface area contributed by atoms with Gasteiger partial charge in [-0.25, -0.2) is 4.98 Å². The van der Waals surface area contributed by atoms with Crippen molar-refractivity contribution in [3.63, 3.8) is 0 Å². The Morgan fingerprint density at radius 3 is 2.33 bits per heavy atom. The smallest absolute Gasteiger partial charge is 0.253 e. The van der Waals surface area contributed by atoms with E-state index in [4.69, 9.17) is 0 Å². The van der Waals surface area contributed by atoms with E-state index >= 15 is 0 Å². The van der Waals surface area contributed by atoms with Crippen LogP contribution in [0.1, 0.15) is 16.1 Å². The van der Waals surface area contributed by atoms with Gasteiger partial charge >= 0.3 is 0 Å². The number of nitrogens with zero attached hydrogens (tertiary/aromatic N) is 6. The average molecular weight is 360 g/mol. The summed E-state index contributed by atoms with van der Waals surface area (Å²) in [6.45, 7) is 4.74.